The number of aryl methyl sites for hydroxylation is 2. The van der Waals surface area contributed by atoms with Crippen molar-refractivity contribution in [3.8, 4) is 0 Å². The summed E-state index contributed by atoms with van der Waals surface area (Å²) in [5.74, 6) is 0.678. The molecule has 0 bridgehead atoms. The molecule has 2 aliphatic rings. The molecule has 0 fully saturated rings. The van der Waals surface area contributed by atoms with Crippen molar-refractivity contribution in [3.63, 3.8) is 0 Å². The van der Waals surface area contributed by atoms with E-state index in [1.807, 2.05) is 0 Å². The summed E-state index contributed by atoms with van der Waals surface area (Å²) in [6, 6.07) is 8.89. The third-order valence-electron chi connectivity index (χ3n) is 4.32. The largest absolute Gasteiger partial charge is 0.347 e. The van der Waals surface area contributed by atoms with E-state index < -0.39 is 0 Å². The van der Waals surface area contributed by atoms with Gasteiger partial charge >= 0.3 is 0 Å². The molecule has 1 aromatic carbocycles. The highest BCUT2D eigenvalue weighted by Gasteiger charge is 2.24. The summed E-state index contributed by atoms with van der Waals surface area (Å²) < 4.78 is 0. The lowest BCUT2D eigenvalue weighted by molar-refractivity contribution is 0.749. The zero-order chi connectivity index (χ0) is 13.5. The zero-order valence-corrected chi connectivity index (χ0v) is 12.0. The van der Waals surface area contributed by atoms with Crippen LogP contribution in [-0.4, -0.2) is 9.97 Å². The van der Waals surface area contributed by atoms with Crippen LogP contribution in [0.4, 0.5) is 5.95 Å². The first-order chi connectivity index (χ1) is 9.81. The van der Waals surface area contributed by atoms with Crippen LogP contribution in [0, 0.1) is 0 Å². The predicted molar refractivity (Wildman–Crippen MR) is 80.2 cm³/mol. The van der Waals surface area contributed by atoms with Crippen LogP contribution in [0.2, 0.25) is 5.15 Å². The van der Waals surface area contributed by atoms with Crippen LogP contribution in [0.25, 0.3) is 0 Å². The highest BCUT2D eigenvalue weighted by atomic mass is 35.5. The van der Waals surface area contributed by atoms with Gasteiger partial charge in [0, 0.05) is 5.56 Å². The van der Waals surface area contributed by atoms with Crippen molar-refractivity contribution in [2.45, 2.75) is 38.1 Å². The first kappa shape index (κ1) is 12.2. The van der Waals surface area contributed by atoms with Crippen LogP contribution in [0.15, 0.2) is 24.3 Å². The number of halogens is 1. The summed E-state index contributed by atoms with van der Waals surface area (Å²) in [4.78, 5) is 9.07. The molecule has 4 rings (SSSR count). The Bertz CT molecular complexity index is 669. The molecule has 3 nitrogen and oxygen atoms in total. The fraction of sp³-hybridized carbons (Fsp3) is 0.375. The van der Waals surface area contributed by atoms with Crippen LogP contribution in [0.5, 0.6) is 0 Å². The average Bonchev–Trinajstić information content (AvgIpc) is 3.07. The van der Waals surface area contributed by atoms with E-state index >= 15 is 0 Å². The van der Waals surface area contributed by atoms with Gasteiger partial charge in [-0.1, -0.05) is 35.9 Å². The molecule has 1 atom stereocenters. The van der Waals surface area contributed by atoms with Gasteiger partial charge in [0.25, 0.3) is 0 Å². The first-order valence-corrected chi connectivity index (χ1v) is 7.58. The van der Waals surface area contributed by atoms with Crippen LogP contribution in [0.3, 0.4) is 0 Å². The number of fused-ring (bicyclic) bond motifs is 2. The molecule has 0 saturated heterocycles. The Morgan fingerprint density at radius 1 is 1.10 bits per heavy atom. The van der Waals surface area contributed by atoms with Crippen molar-refractivity contribution in [2.75, 3.05) is 5.32 Å². The van der Waals surface area contributed by atoms with Gasteiger partial charge in [0.1, 0.15) is 5.15 Å². The molecule has 0 spiro atoms. The molecule has 102 valence electrons. The van der Waals surface area contributed by atoms with Gasteiger partial charge in [0.15, 0.2) is 0 Å². The number of nitrogens with zero attached hydrogens (tertiary/aromatic N) is 2. The van der Waals surface area contributed by atoms with Crippen molar-refractivity contribution in [2.24, 2.45) is 0 Å². The Hall–Kier alpha value is -1.61. The van der Waals surface area contributed by atoms with E-state index in [1.54, 1.807) is 0 Å². The quantitative estimate of drug-likeness (QED) is 0.855. The summed E-state index contributed by atoms with van der Waals surface area (Å²) in [6.45, 7) is 0. The monoisotopic (exact) mass is 285 g/mol. The Kier molecular flexibility index (Phi) is 2.88. The highest BCUT2D eigenvalue weighted by Crippen LogP contribution is 2.34. The minimum atomic E-state index is 0.307. The van der Waals surface area contributed by atoms with E-state index in [4.69, 9.17) is 11.6 Å². The molecule has 20 heavy (non-hydrogen) atoms. The maximum Gasteiger partial charge on any atom is 0.224 e. The lowest BCUT2D eigenvalue weighted by Gasteiger charge is -2.15. The number of anilines is 1. The van der Waals surface area contributed by atoms with Crippen LogP contribution >= 0.6 is 11.6 Å². The third kappa shape index (κ3) is 1.97. The number of nitrogens with one attached hydrogen (secondary N) is 1. The fourth-order valence-corrected chi connectivity index (χ4v) is 3.60. The number of hydrogen-bond donors (Lipinski definition) is 1. The van der Waals surface area contributed by atoms with E-state index in [0.29, 0.717) is 17.1 Å². The Labute approximate surface area is 123 Å². The topological polar surface area (TPSA) is 37.8 Å². The van der Waals surface area contributed by atoms with Crippen LogP contribution < -0.4 is 5.32 Å². The normalized spacial score (nSPS) is 19.8. The second-order valence-electron chi connectivity index (χ2n) is 5.55. The highest BCUT2D eigenvalue weighted by molar-refractivity contribution is 6.30. The Morgan fingerprint density at radius 2 is 2.00 bits per heavy atom. The molecular weight excluding hydrogens is 270 g/mol. The predicted octanol–water partition coefficient (Wildman–Crippen LogP) is 3.72. The molecule has 2 aliphatic carbocycles. The number of rotatable bonds is 2. The van der Waals surface area contributed by atoms with Crippen LogP contribution in [0.1, 0.15) is 41.3 Å². The van der Waals surface area contributed by atoms with Crippen molar-refractivity contribution in [3.05, 3.63) is 51.8 Å². The smallest absolute Gasteiger partial charge is 0.224 e. The SMILES string of the molecule is Clc1nc(NC2CCc3ccccc32)nc2c1CCC2. The van der Waals surface area contributed by atoms with E-state index in [2.05, 4.69) is 39.6 Å². The molecule has 1 aromatic heterocycles. The van der Waals surface area contributed by atoms with Gasteiger partial charge in [0.05, 0.1) is 11.7 Å². The van der Waals surface area contributed by atoms with Crippen molar-refractivity contribution < 1.29 is 0 Å². The molecule has 4 heteroatoms. The van der Waals surface area contributed by atoms with E-state index in [1.165, 1.54) is 11.1 Å². The second kappa shape index (κ2) is 4.74. The summed E-state index contributed by atoms with van der Waals surface area (Å²) in [7, 11) is 0. The first-order valence-electron chi connectivity index (χ1n) is 7.21. The summed E-state index contributed by atoms with van der Waals surface area (Å²) in [5.41, 5.74) is 5.06. The number of benzene rings is 1. The zero-order valence-electron chi connectivity index (χ0n) is 11.2. The van der Waals surface area contributed by atoms with Gasteiger partial charge in [-0.05, 0) is 43.2 Å². The minimum absolute atomic E-state index is 0.307. The second-order valence-corrected chi connectivity index (χ2v) is 5.91. The lowest BCUT2D eigenvalue weighted by atomic mass is 10.1. The minimum Gasteiger partial charge on any atom is -0.347 e. The molecule has 0 saturated carbocycles. The molecule has 0 amide bonds. The molecule has 1 N–H and O–H groups in total. The van der Waals surface area contributed by atoms with E-state index in [0.717, 1.165) is 43.4 Å². The Balaban J connectivity index is 1.63. The molecular formula is C16H16ClN3. The summed E-state index contributed by atoms with van der Waals surface area (Å²) in [5, 5.41) is 4.09. The van der Waals surface area contributed by atoms with E-state index in [9.17, 15) is 0 Å². The number of hydrogen-bond acceptors (Lipinski definition) is 3. The summed E-state index contributed by atoms with van der Waals surface area (Å²) >= 11 is 6.27. The van der Waals surface area contributed by atoms with Gasteiger partial charge in [-0.25, -0.2) is 9.97 Å². The molecule has 1 heterocycles. The van der Waals surface area contributed by atoms with Gasteiger partial charge in [0.2, 0.25) is 5.95 Å². The molecule has 0 radical (unpaired) electrons. The van der Waals surface area contributed by atoms with Gasteiger partial charge in [-0.15, -0.1) is 0 Å². The molecule has 2 aromatic rings. The molecule has 0 aliphatic heterocycles. The Morgan fingerprint density at radius 3 is 2.95 bits per heavy atom. The fourth-order valence-electron chi connectivity index (χ4n) is 3.31. The van der Waals surface area contributed by atoms with Crippen molar-refractivity contribution in [1.29, 1.82) is 0 Å². The number of aromatic nitrogens is 2. The maximum absolute atomic E-state index is 6.27. The van der Waals surface area contributed by atoms with Gasteiger partial charge in [-0.2, -0.15) is 0 Å². The third-order valence-corrected chi connectivity index (χ3v) is 4.63. The average molecular weight is 286 g/mol. The van der Waals surface area contributed by atoms with Gasteiger partial charge < -0.3 is 5.32 Å². The standard InChI is InChI=1S/C16H16ClN3/c17-15-12-6-3-7-13(12)18-16(20-15)19-14-9-8-10-4-1-2-5-11(10)14/h1-2,4-5,14H,3,6-9H2,(H,18,19,20). The van der Waals surface area contributed by atoms with Gasteiger partial charge in [-0.3, -0.25) is 0 Å². The van der Waals surface area contributed by atoms with Crippen LogP contribution in [-0.2, 0) is 19.3 Å². The lowest BCUT2D eigenvalue weighted by Crippen LogP contribution is -2.11. The van der Waals surface area contributed by atoms with Crippen molar-refractivity contribution in [1.82, 2.24) is 9.97 Å². The molecule has 1 unspecified atom stereocenters. The van der Waals surface area contributed by atoms with E-state index in [-0.39, 0.29) is 0 Å². The summed E-state index contributed by atoms with van der Waals surface area (Å²) in [6.07, 6.45) is 5.39. The van der Waals surface area contributed by atoms with Crippen molar-refractivity contribution >= 4 is 17.5 Å². The maximum atomic E-state index is 6.27.